The summed E-state index contributed by atoms with van der Waals surface area (Å²) in [6.45, 7) is 0. The van der Waals surface area contributed by atoms with Crippen LogP contribution in [0.5, 0.6) is 0 Å². The van der Waals surface area contributed by atoms with Crippen molar-refractivity contribution >= 4 is 0 Å². The third-order valence-corrected chi connectivity index (χ3v) is 3.74. The average Bonchev–Trinajstić information content (AvgIpc) is 2.41. The summed E-state index contributed by atoms with van der Waals surface area (Å²) in [5.41, 5.74) is 11.7. The molecule has 2 nitrogen and oxygen atoms in total. The highest BCUT2D eigenvalue weighted by Crippen LogP contribution is 2.25. The molecule has 1 aliphatic rings. The molecular formula is C16H18N2. The summed E-state index contributed by atoms with van der Waals surface area (Å²) in [5, 5.41) is 0. The number of fused-ring (bicyclic) bond motifs is 1. The van der Waals surface area contributed by atoms with Crippen LogP contribution < -0.4 is 5.73 Å². The van der Waals surface area contributed by atoms with Gasteiger partial charge in [-0.1, -0.05) is 24.3 Å². The quantitative estimate of drug-likeness (QED) is 0.873. The zero-order chi connectivity index (χ0) is 12.4. The Hall–Kier alpha value is -1.67. The number of nitrogens with zero attached hydrogens (tertiary/aromatic N) is 1. The van der Waals surface area contributed by atoms with Crippen molar-refractivity contribution in [2.75, 3.05) is 0 Å². The number of rotatable bonds is 2. The second-order valence-corrected chi connectivity index (χ2v) is 5.10. The van der Waals surface area contributed by atoms with Crippen molar-refractivity contribution in [3.8, 4) is 0 Å². The van der Waals surface area contributed by atoms with E-state index in [-0.39, 0.29) is 0 Å². The maximum absolute atomic E-state index is 6.10. The molecule has 1 aromatic carbocycles. The molecular weight excluding hydrogens is 220 g/mol. The summed E-state index contributed by atoms with van der Waals surface area (Å²) in [6, 6.07) is 11.1. The lowest BCUT2D eigenvalue weighted by molar-refractivity contribution is 0.573. The van der Waals surface area contributed by atoms with E-state index in [1.165, 1.54) is 22.3 Å². The van der Waals surface area contributed by atoms with Crippen LogP contribution in [0.4, 0.5) is 0 Å². The van der Waals surface area contributed by atoms with Gasteiger partial charge in [-0.2, -0.15) is 0 Å². The Morgan fingerprint density at radius 1 is 1.22 bits per heavy atom. The first-order valence-electron chi connectivity index (χ1n) is 6.57. The molecule has 18 heavy (non-hydrogen) atoms. The third-order valence-electron chi connectivity index (χ3n) is 3.74. The Labute approximate surface area is 108 Å². The Balaban J connectivity index is 1.93. The van der Waals surface area contributed by atoms with E-state index in [1.54, 1.807) is 0 Å². The van der Waals surface area contributed by atoms with Crippen LogP contribution in [0.3, 0.4) is 0 Å². The van der Waals surface area contributed by atoms with E-state index in [0.29, 0.717) is 6.04 Å². The summed E-state index contributed by atoms with van der Waals surface area (Å²) in [7, 11) is 0. The number of aromatic nitrogens is 1. The van der Waals surface area contributed by atoms with E-state index < -0.39 is 0 Å². The first-order chi connectivity index (χ1) is 8.83. The van der Waals surface area contributed by atoms with E-state index in [9.17, 15) is 0 Å². The van der Waals surface area contributed by atoms with Gasteiger partial charge in [0.1, 0.15) is 0 Å². The highest BCUT2D eigenvalue weighted by Gasteiger charge is 2.17. The average molecular weight is 238 g/mol. The highest BCUT2D eigenvalue weighted by atomic mass is 14.6. The molecule has 92 valence electrons. The second-order valence-electron chi connectivity index (χ2n) is 5.10. The molecule has 2 aromatic rings. The van der Waals surface area contributed by atoms with E-state index >= 15 is 0 Å². The van der Waals surface area contributed by atoms with Gasteiger partial charge in [0.15, 0.2) is 0 Å². The van der Waals surface area contributed by atoms with Gasteiger partial charge in [0.2, 0.25) is 0 Å². The summed E-state index contributed by atoms with van der Waals surface area (Å²) >= 11 is 0. The van der Waals surface area contributed by atoms with Gasteiger partial charge in [-0.3, -0.25) is 4.98 Å². The molecule has 1 unspecified atom stereocenters. The van der Waals surface area contributed by atoms with Gasteiger partial charge in [-0.05, 0) is 54.0 Å². The number of nitrogens with two attached hydrogens (primary N) is 1. The molecule has 2 N–H and O–H groups in total. The van der Waals surface area contributed by atoms with E-state index in [2.05, 4.69) is 29.2 Å². The highest BCUT2D eigenvalue weighted by molar-refractivity contribution is 5.40. The minimum Gasteiger partial charge on any atom is -0.327 e. The van der Waals surface area contributed by atoms with Gasteiger partial charge < -0.3 is 5.73 Å². The molecule has 0 saturated heterocycles. The van der Waals surface area contributed by atoms with Gasteiger partial charge in [0, 0.05) is 18.4 Å². The molecule has 1 aromatic heterocycles. The fraction of sp³-hybridized carbons (Fsp3) is 0.312. The Morgan fingerprint density at radius 2 is 2.17 bits per heavy atom. The number of hydrogen-bond acceptors (Lipinski definition) is 2. The standard InChI is InChI=1S/C16H18N2/c17-15-7-6-13-4-1-5-14(16(13)10-15)9-12-3-2-8-18-11-12/h1-5,8,11,15H,6-7,9-10,17H2. The monoisotopic (exact) mass is 238 g/mol. The van der Waals surface area contributed by atoms with Crippen molar-refractivity contribution in [3.63, 3.8) is 0 Å². The van der Waals surface area contributed by atoms with Crippen molar-refractivity contribution in [2.45, 2.75) is 31.7 Å². The minimum absolute atomic E-state index is 0.326. The lowest BCUT2D eigenvalue weighted by Gasteiger charge is -2.24. The fourth-order valence-corrected chi connectivity index (χ4v) is 2.78. The maximum Gasteiger partial charge on any atom is 0.0303 e. The SMILES string of the molecule is NC1CCc2cccc(Cc3cccnc3)c2C1. The summed E-state index contributed by atoms with van der Waals surface area (Å²) in [4.78, 5) is 4.18. The van der Waals surface area contributed by atoms with Crippen molar-refractivity contribution < 1.29 is 0 Å². The van der Waals surface area contributed by atoms with Crippen LogP contribution in [-0.2, 0) is 19.3 Å². The van der Waals surface area contributed by atoms with Crippen LogP contribution >= 0.6 is 0 Å². The van der Waals surface area contributed by atoms with Gasteiger partial charge in [-0.15, -0.1) is 0 Å². The maximum atomic E-state index is 6.10. The van der Waals surface area contributed by atoms with Gasteiger partial charge in [0.05, 0.1) is 0 Å². The number of pyridine rings is 1. The molecule has 1 heterocycles. The summed E-state index contributed by atoms with van der Waals surface area (Å²) < 4.78 is 0. The van der Waals surface area contributed by atoms with Crippen LogP contribution in [0, 0.1) is 0 Å². The molecule has 1 atom stereocenters. The van der Waals surface area contributed by atoms with Crippen LogP contribution in [0.15, 0.2) is 42.7 Å². The van der Waals surface area contributed by atoms with Gasteiger partial charge >= 0.3 is 0 Å². The zero-order valence-corrected chi connectivity index (χ0v) is 10.5. The largest absolute Gasteiger partial charge is 0.327 e. The molecule has 0 saturated carbocycles. The number of benzene rings is 1. The van der Waals surface area contributed by atoms with Crippen molar-refractivity contribution in [2.24, 2.45) is 5.73 Å². The zero-order valence-electron chi connectivity index (χ0n) is 10.5. The van der Waals surface area contributed by atoms with Gasteiger partial charge in [0.25, 0.3) is 0 Å². The van der Waals surface area contributed by atoms with E-state index in [0.717, 1.165) is 25.7 Å². The van der Waals surface area contributed by atoms with Crippen molar-refractivity contribution in [3.05, 3.63) is 65.0 Å². The Bertz CT molecular complexity index is 534. The minimum atomic E-state index is 0.326. The molecule has 0 radical (unpaired) electrons. The predicted molar refractivity (Wildman–Crippen MR) is 73.5 cm³/mol. The lowest BCUT2D eigenvalue weighted by Crippen LogP contribution is -2.28. The summed E-state index contributed by atoms with van der Waals surface area (Å²) in [6.07, 6.45) is 7.98. The molecule has 0 aliphatic heterocycles. The number of aryl methyl sites for hydroxylation is 1. The molecule has 0 amide bonds. The number of hydrogen-bond donors (Lipinski definition) is 1. The summed E-state index contributed by atoms with van der Waals surface area (Å²) in [5.74, 6) is 0. The van der Waals surface area contributed by atoms with Crippen molar-refractivity contribution in [1.29, 1.82) is 0 Å². The van der Waals surface area contributed by atoms with E-state index in [4.69, 9.17) is 5.73 Å². The normalized spacial score (nSPS) is 18.4. The smallest absolute Gasteiger partial charge is 0.0303 e. The molecule has 0 spiro atoms. The third kappa shape index (κ3) is 2.29. The Morgan fingerprint density at radius 3 is 3.00 bits per heavy atom. The molecule has 0 bridgehead atoms. The van der Waals surface area contributed by atoms with Gasteiger partial charge in [-0.25, -0.2) is 0 Å². The fourth-order valence-electron chi connectivity index (χ4n) is 2.78. The topological polar surface area (TPSA) is 38.9 Å². The first-order valence-corrected chi connectivity index (χ1v) is 6.57. The van der Waals surface area contributed by atoms with Crippen LogP contribution in [0.1, 0.15) is 28.7 Å². The van der Waals surface area contributed by atoms with Crippen LogP contribution in [0.2, 0.25) is 0 Å². The van der Waals surface area contributed by atoms with Crippen molar-refractivity contribution in [1.82, 2.24) is 4.98 Å². The molecule has 0 fully saturated rings. The van der Waals surface area contributed by atoms with Crippen LogP contribution in [0.25, 0.3) is 0 Å². The second kappa shape index (κ2) is 4.91. The predicted octanol–water partition coefficient (Wildman–Crippen LogP) is 2.49. The first kappa shape index (κ1) is 11.4. The molecule has 2 heteroatoms. The lowest BCUT2D eigenvalue weighted by atomic mass is 9.84. The molecule has 1 aliphatic carbocycles. The van der Waals surface area contributed by atoms with E-state index in [1.807, 2.05) is 18.5 Å². The van der Waals surface area contributed by atoms with Crippen LogP contribution in [-0.4, -0.2) is 11.0 Å². The Kier molecular flexibility index (Phi) is 3.11. The molecule has 3 rings (SSSR count).